The maximum atomic E-state index is 11.6. The Morgan fingerprint density at radius 3 is 2.79 bits per heavy atom. The second-order valence-corrected chi connectivity index (χ2v) is 6.40. The molecule has 19 heavy (non-hydrogen) atoms. The van der Waals surface area contributed by atoms with Crippen LogP contribution < -0.4 is 0 Å². The van der Waals surface area contributed by atoms with Crippen molar-refractivity contribution in [3.63, 3.8) is 0 Å². The third-order valence-corrected chi connectivity index (χ3v) is 5.09. The highest BCUT2D eigenvalue weighted by atomic mass is 16.5. The second kappa shape index (κ2) is 5.51. The van der Waals surface area contributed by atoms with Gasteiger partial charge in [-0.2, -0.15) is 0 Å². The van der Waals surface area contributed by atoms with Crippen LogP contribution in [0.25, 0.3) is 0 Å². The number of ether oxygens (including phenoxy) is 2. The molecule has 3 aliphatic rings. The number of likely N-dealkylation sites (tertiary alicyclic amines) is 1. The Kier molecular flexibility index (Phi) is 3.92. The van der Waals surface area contributed by atoms with E-state index in [9.17, 15) is 4.79 Å². The van der Waals surface area contributed by atoms with Gasteiger partial charge in [0.05, 0.1) is 5.60 Å². The van der Waals surface area contributed by atoms with Gasteiger partial charge in [0.1, 0.15) is 5.78 Å². The molecule has 3 rings (SSSR count). The first-order chi connectivity index (χ1) is 9.19. The molecule has 0 N–H and O–H groups in total. The van der Waals surface area contributed by atoms with E-state index in [2.05, 4.69) is 11.8 Å². The summed E-state index contributed by atoms with van der Waals surface area (Å²) >= 11 is 0. The van der Waals surface area contributed by atoms with Crippen LogP contribution in [0.2, 0.25) is 0 Å². The molecule has 108 valence electrons. The quantitative estimate of drug-likeness (QED) is 0.724. The topological polar surface area (TPSA) is 38.8 Å². The van der Waals surface area contributed by atoms with Crippen molar-refractivity contribution in [3.8, 4) is 0 Å². The summed E-state index contributed by atoms with van der Waals surface area (Å²) in [5.41, 5.74) is 0.0614. The molecule has 2 unspecified atom stereocenters. The predicted molar refractivity (Wildman–Crippen MR) is 72.1 cm³/mol. The average molecular weight is 267 g/mol. The number of carbonyl (C=O) groups is 1. The molecule has 4 heteroatoms. The van der Waals surface area contributed by atoms with Gasteiger partial charge in [-0.05, 0) is 25.7 Å². The predicted octanol–water partition coefficient (Wildman–Crippen LogP) is 1.63. The van der Waals surface area contributed by atoms with Gasteiger partial charge in [-0.3, -0.25) is 9.69 Å². The standard InChI is InChI=1S/C15H25NO3/c1-12-11-16(6-2-14(12)17)13-3-7-19-15(10-13)4-8-18-9-5-15/h12-13H,2-11H2,1H3. The second-order valence-electron chi connectivity index (χ2n) is 6.40. The van der Waals surface area contributed by atoms with E-state index in [1.807, 2.05) is 0 Å². The minimum Gasteiger partial charge on any atom is -0.381 e. The van der Waals surface area contributed by atoms with Gasteiger partial charge in [0.2, 0.25) is 0 Å². The van der Waals surface area contributed by atoms with Gasteiger partial charge >= 0.3 is 0 Å². The fourth-order valence-corrected chi connectivity index (χ4v) is 3.78. The van der Waals surface area contributed by atoms with E-state index in [1.165, 1.54) is 0 Å². The smallest absolute Gasteiger partial charge is 0.138 e. The Labute approximate surface area is 115 Å². The van der Waals surface area contributed by atoms with Crippen molar-refractivity contribution in [2.75, 3.05) is 32.9 Å². The van der Waals surface area contributed by atoms with E-state index in [4.69, 9.17) is 9.47 Å². The number of ketones is 1. The number of carbonyl (C=O) groups excluding carboxylic acids is 1. The lowest BCUT2D eigenvalue weighted by atomic mass is 9.82. The van der Waals surface area contributed by atoms with Crippen LogP contribution in [-0.4, -0.2) is 55.2 Å². The van der Waals surface area contributed by atoms with Crippen LogP contribution in [0.5, 0.6) is 0 Å². The average Bonchev–Trinajstić information content (AvgIpc) is 2.43. The zero-order valence-electron chi connectivity index (χ0n) is 11.9. The molecule has 0 bridgehead atoms. The Bertz CT molecular complexity index is 333. The van der Waals surface area contributed by atoms with Crippen molar-refractivity contribution in [2.45, 2.75) is 50.7 Å². The molecule has 0 aliphatic carbocycles. The summed E-state index contributed by atoms with van der Waals surface area (Å²) in [4.78, 5) is 14.2. The molecular weight excluding hydrogens is 242 g/mol. The monoisotopic (exact) mass is 267 g/mol. The molecule has 0 aromatic rings. The van der Waals surface area contributed by atoms with E-state index in [0.717, 1.165) is 65.0 Å². The number of rotatable bonds is 1. The summed E-state index contributed by atoms with van der Waals surface area (Å²) < 4.78 is 11.6. The van der Waals surface area contributed by atoms with Crippen LogP contribution in [0.4, 0.5) is 0 Å². The van der Waals surface area contributed by atoms with E-state index in [1.54, 1.807) is 0 Å². The van der Waals surface area contributed by atoms with Gasteiger partial charge < -0.3 is 9.47 Å². The van der Waals surface area contributed by atoms with Crippen molar-refractivity contribution >= 4 is 5.78 Å². The van der Waals surface area contributed by atoms with Gasteiger partial charge in [-0.15, -0.1) is 0 Å². The van der Waals surface area contributed by atoms with Gasteiger partial charge in [-0.1, -0.05) is 6.92 Å². The molecule has 0 aromatic heterocycles. The summed E-state index contributed by atoms with van der Waals surface area (Å²) in [6.45, 7) is 6.49. The van der Waals surface area contributed by atoms with Crippen molar-refractivity contribution in [2.24, 2.45) is 5.92 Å². The fraction of sp³-hybridized carbons (Fsp3) is 0.933. The molecule has 3 saturated heterocycles. The molecule has 2 atom stereocenters. The van der Waals surface area contributed by atoms with Crippen LogP contribution in [0, 0.1) is 5.92 Å². The number of hydrogen-bond donors (Lipinski definition) is 0. The largest absolute Gasteiger partial charge is 0.381 e. The maximum Gasteiger partial charge on any atom is 0.138 e. The van der Waals surface area contributed by atoms with Crippen LogP contribution >= 0.6 is 0 Å². The SMILES string of the molecule is CC1CN(C2CCOC3(CCOCC3)C2)CCC1=O. The summed E-state index contributed by atoms with van der Waals surface area (Å²) in [5, 5.41) is 0. The molecule has 0 amide bonds. The summed E-state index contributed by atoms with van der Waals surface area (Å²) in [6, 6.07) is 0.599. The lowest BCUT2D eigenvalue weighted by Crippen LogP contribution is -2.53. The number of hydrogen-bond acceptors (Lipinski definition) is 4. The normalized spacial score (nSPS) is 36.6. The Hall–Kier alpha value is -0.450. The molecule has 3 heterocycles. The van der Waals surface area contributed by atoms with Gasteiger partial charge in [-0.25, -0.2) is 0 Å². The van der Waals surface area contributed by atoms with Crippen LogP contribution in [0.15, 0.2) is 0 Å². The molecule has 0 saturated carbocycles. The lowest BCUT2D eigenvalue weighted by molar-refractivity contribution is -0.154. The highest BCUT2D eigenvalue weighted by molar-refractivity contribution is 5.81. The fourth-order valence-electron chi connectivity index (χ4n) is 3.78. The minimum atomic E-state index is 0.0614. The highest BCUT2D eigenvalue weighted by Gasteiger charge is 2.41. The maximum absolute atomic E-state index is 11.6. The van der Waals surface area contributed by atoms with Crippen molar-refractivity contribution < 1.29 is 14.3 Å². The molecule has 0 radical (unpaired) electrons. The van der Waals surface area contributed by atoms with Crippen LogP contribution in [-0.2, 0) is 14.3 Å². The molecule has 3 aliphatic heterocycles. The number of Topliss-reactive ketones (excluding diaryl/α,β-unsaturated/α-hetero) is 1. The minimum absolute atomic E-state index is 0.0614. The molecule has 3 fully saturated rings. The first kappa shape index (κ1) is 13.5. The van der Waals surface area contributed by atoms with E-state index < -0.39 is 0 Å². The first-order valence-corrected chi connectivity index (χ1v) is 7.67. The third kappa shape index (κ3) is 2.86. The Morgan fingerprint density at radius 2 is 2.05 bits per heavy atom. The van der Waals surface area contributed by atoms with Crippen LogP contribution in [0.1, 0.15) is 39.0 Å². The number of nitrogens with zero attached hydrogens (tertiary/aromatic N) is 1. The van der Waals surface area contributed by atoms with Gasteiger partial charge in [0, 0.05) is 51.3 Å². The summed E-state index contributed by atoms with van der Waals surface area (Å²) in [5.74, 6) is 0.645. The van der Waals surface area contributed by atoms with Crippen LogP contribution in [0.3, 0.4) is 0 Å². The van der Waals surface area contributed by atoms with Crippen molar-refractivity contribution in [1.29, 1.82) is 0 Å². The van der Waals surface area contributed by atoms with Gasteiger partial charge in [0.25, 0.3) is 0 Å². The molecule has 0 aromatic carbocycles. The first-order valence-electron chi connectivity index (χ1n) is 7.67. The highest BCUT2D eigenvalue weighted by Crippen LogP contribution is 2.36. The van der Waals surface area contributed by atoms with Crippen molar-refractivity contribution in [3.05, 3.63) is 0 Å². The zero-order valence-corrected chi connectivity index (χ0v) is 11.9. The Morgan fingerprint density at radius 1 is 1.26 bits per heavy atom. The Balaban J connectivity index is 1.63. The third-order valence-electron chi connectivity index (χ3n) is 5.09. The zero-order chi connectivity index (χ0) is 13.3. The number of piperidine rings is 1. The van der Waals surface area contributed by atoms with E-state index >= 15 is 0 Å². The van der Waals surface area contributed by atoms with E-state index in [-0.39, 0.29) is 11.5 Å². The molecular formula is C15H25NO3. The van der Waals surface area contributed by atoms with Gasteiger partial charge in [0.15, 0.2) is 0 Å². The molecule has 4 nitrogen and oxygen atoms in total. The van der Waals surface area contributed by atoms with Crippen molar-refractivity contribution in [1.82, 2.24) is 4.90 Å². The lowest BCUT2D eigenvalue weighted by Gasteiger charge is -2.47. The summed E-state index contributed by atoms with van der Waals surface area (Å²) in [6.07, 6.45) is 5.03. The summed E-state index contributed by atoms with van der Waals surface area (Å²) in [7, 11) is 0. The van der Waals surface area contributed by atoms with E-state index in [0.29, 0.717) is 11.8 Å². The molecule has 1 spiro atoms.